The topological polar surface area (TPSA) is 84.9 Å². The van der Waals surface area contributed by atoms with Gasteiger partial charge in [-0.3, -0.25) is 4.79 Å². The molecule has 1 fully saturated rings. The SMILES string of the molecule is COc1ccc(CNC(=O)C2(C)CCN(S(=O)(=O)c3ccc(OC)c(Cl)c3)CC2)cc1. The lowest BCUT2D eigenvalue weighted by molar-refractivity contribution is -0.132. The fraction of sp³-hybridized carbons (Fsp3) is 0.409. The van der Waals surface area contributed by atoms with Crippen molar-refractivity contribution in [2.45, 2.75) is 31.2 Å². The van der Waals surface area contributed by atoms with Gasteiger partial charge in [-0.2, -0.15) is 4.31 Å². The van der Waals surface area contributed by atoms with Gasteiger partial charge in [-0.05, 0) is 48.7 Å². The lowest BCUT2D eigenvalue weighted by atomic mass is 9.80. The molecule has 2 aromatic rings. The van der Waals surface area contributed by atoms with E-state index in [9.17, 15) is 13.2 Å². The Bertz CT molecular complexity index is 1030. The van der Waals surface area contributed by atoms with Gasteiger partial charge < -0.3 is 14.8 Å². The van der Waals surface area contributed by atoms with Crippen LogP contribution in [0.5, 0.6) is 11.5 Å². The van der Waals surface area contributed by atoms with Gasteiger partial charge in [0.15, 0.2) is 0 Å². The summed E-state index contributed by atoms with van der Waals surface area (Å²) in [6, 6.07) is 11.9. The summed E-state index contributed by atoms with van der Waals surface area (Å²) in [5, 5.41) is 3.21. The van der Waals surface area contributed by atoms with Crippen LogP contribution in [0.4, 0.5) is 0 Å². The molecule has 0 unspecified atom stereocenters. The third kappa shape index (κ3) is 5.14. The Kier molecular flexibility index (Phi) is 7.13. The molecule has 0 aromatic heterocycles. The number of piperidine rings is 1. The van der Waals surface area contributed by atoms with Gasteiger partial charge in [0.05, 0.1) is 24.1 Å². The molecule has 1 saturated heterocycles. The Morgan fingerprint density at radius 2 is 1.74 bits per heavy atom. The second-order valence-corrected chi connectivity index (χ2v) is 10.1. The smallest absolute Gasteiger partial charge is 0.243 e. The van der Waals surface area contributed by atoms with Crippen molar-refractivity contribution in [3.05, 3.63) is 53.1 Å². The zero-order valence-corrected chi connectivity index (χ0v) is 19.4. The lowest BCUT2D eigenvalue weighted by Crippen LogP contribution is -2.48. The van der Waals surface area contributed by atoms with Crippen molar-refractivity contribution in [1.82, 2.24) is 9.62 Å². The maximum absolute atomic E-state index is 13.0. The number of methoxy groups -OCH3 is 2. The molecule has 1 amide bonds. The van der Waals surface area contributed by atoms with Gasteiger partial charge in [0, 0.05) is 25.0 Å². The monoisotopic (exact) mass is 466 g/mol. The number of carbonyl (C=O) groups is 1. The van der Waals surface area contributed by atoms with E-state index in [-0.39, 0.29) is 28.9 Å². The first-order valence-electron chi connectivity index (χ1n) is 9.94. The summed E-state index contributed by atoms with van der Waals surface area (Å²) in [6.07, 6.45) is 0.870. The molecule has 0 bridgehead atoms. The minimum absolute atomic E-state index is 0.0761. The number of carbonyl (C=O) groups excluding carboxylic acids is 1. The fourth-order valence-electron chi connectivity index (χ4n) is 3.54. The van der Waals surface area contributed by atoms with Gasteiger partial charge in [0.25, 0.3) is 0 Å². The molecule has 2 aromatic carbocycles. The van der Waals surface area contributed by atoms with E-state index in [1.165, 1.54) is 29.6 Å². The van der Waals surface area contributed by atoms with E-state index in [0.29, 0.717) is 25.1 Å². The maximum Gasteiger partial charge on any atom is 0.243 e. The minimum Gasteiger partial charge on any atom is -0.497 e. The number of rotatable bonds is 7. The van der Waals surface area contributed by atoms with Crippen LogP contribution in [0.15, 0.2) is 47.4 Å². The third-order valence-electron chi connectivity index (χ3n) is 5.75. The van der Waals surface area contributed by atoms with E-state index in [1.807, 2.05) is 31.2 Å². The number of amides is 1. The van der Waals surface area contributed by atoms with Gasteiger partial charge in [-0.15, -0.1) is 0 Å². The summed E-state index contributed by atoms with van der Waals surface area (Å²) in [5.41, 5.74) is 0.338. The molecule has 0 radical (unpaired) electrons. The molecule has 0 atom stereocenters. The average Bonchev–Trinajstić information content (AvgIpc) is 2.78. The van der Waals surface area contributed by atoms with Crippen molar-refractivity contribution < 1.29 is 22.7 Å². The molecule has 1 N–H and O–H groups in total. The molecular formula is C22H27ClN2O5S. The van der Waals surface area contributed by atoms with E-state index < -0.39 is 15.4 Å². The van der Waals surface area contributed by atoms with Crippen LogP contribution in [0, 0.1) is 5.41 Å². The standard InChI is InChI=1S/C22H27ClN2O5S/c1-22(21(26)24-15-16-4-6-17(29-2)7-5-16)10-12-25(13-11-22)31(27,28)18-8-9-20(30-3)19(23)14-18/h4-9,14H,10-13,15H2,1-3H3,(H,24,26). The second kappa shape index (κ2) is 9.46. The van der Waals surface area contributed by atoms with E-state index in [1.54, 1.807) is 7.11 Å². The summed E-state index contributed by atoms with van der Waals surface area (Å²) in [7, 11) is -0.620. The number of ether oxygens (including phenoxy) is 2. The number of halogens is 1. The van der Waals surface area contributed by atoms with Crippen molar-refractivity contribution >= 4 is 27.5 Å². The Hall–Kier alpha value is -2.29. The Labute approximate surface area is 188 Å². The zero-order chi connectivity index (χ0) is 22.6. The Morgan fingerprint density at radius 1 is 1.10 bits per heavy atom. The van der Waals surface area contributed by atoms with Gasteiger partial charge in [0.2, 0.25) is 15.9 Å². The van der Waals surface area contributed by atoms with Gasteiger partial charge in [-0.1, -0.05) is 30.7 Å². The summed E-state index contributed by atoms with van der Waals surface area (Å²) < 4.78 is 37.6. The average molecular weight is 467 g/mol. The molecule has 9 heteroatoms. The van der Waals surface area contributed by atoms with Crippen molar-refractivity contribution in [1.29, 1.82) is 0 Å². The van der Waals surface area contributed by atoms with Crippen molar-refractivity contribution in [3.63, 3.8) is 0 Å². The largest absolute Gasteiger partial charge is 0.497 e. The number of nitrogens with zero attached hydrogens (tertiary/aromatic N) is 1. The molecule has 31 heavy (non-hydrogen) atoms. The van der Waals surface area contributed by atoms with Crippen LogP contribution in [0.3, 0.4) is 0 Å². The van der Waals surface area contributed by atoms with Crippen molar-refractivity contribution in [2.75, 3.05) is 27.3 Å². The van der Waals surface area contributed by atoms with Crippen molar-refractivity contribution in [2.24, 2.45) is 5.41 Å². The number of benzene rings is 2. The van der Waals surface area contributed by atoms with E-state index in [4.69, 9.17) is 21.1 Å². The van der Waals surface area contributed by atoms with Gasteiger partial charge in [0.1, 0.15) is 11.5 Å². The number of sulfonamides is 1. The predicted octanol–water partition coefficient (Wildman–Crippen LogP) is 3.46. The first-order valence-corrected chi connectivity index (χ1v) is 11.8. The van der Waals surface area contributed by atoms with Crippen LogP contribution in [0.2, 0.25) is 5.02 Å². The molecule has 1 aliphatic heterocycles. The molecule has 0 aliphatic carbocycles. The molecule has 1 aliphatic rings. The summed E-state index contributed by atoms with van der Waals surface area (Å²) in [5.74, 6) is 1.10. The third-order valence-corrected chi connectivity index (χ3v) is 7.94. The normalized spacial score (nSPS) is 16.5. The molecule has 3 rings (SSSR count). The van der Waals surface area contributed by atoms with Gasteiger partial charge >= 0.3 is 0 Å². The quantitative estimate of drug-likeness (QED) is 0.675. The highest BCUT2D eigenvalue weighted by Crippen LogP contribution is 2.35. The summed E-state index contributed by atoms with van der Waals surface area (Å²) >= 11 is 6.10. The van der Waals surface area contributed by atoms with E-state index in [2.05, 4.69) is 5.32 Å². The van der Waals surface area contributed by atoms with Crippen LogP contribution in [0.25, 0.3) is 0 Å². The zero-order valence-electron chi connectivity index (χ0n) is 17.9. The van der Waals surface area contributed by atoms with E-state index >= 15 is 0 Å². The predicted molar refractivity (Wildman–Crippen MR) is 119 cm³/mol. The molecule has 168 valence electrons. The lowest BCUT2D eigenvalue weighted by Gasteiger charge is -2.37. The van der Waals surface area contributed by atoms with Crippen LogP contribution in [0.1, 0.15) is 25.3 Å². The van der Waals surface area contributed by atoms with Crippen LogP contribution in [-0.4, -0.2) is 45.9 Å². The molecule has 1 heterocycles. The van der Waals surface area contributed by atoms with E-state index in [0.717, 1.165) is 11.3 Å². The molecular weight excluding hydrogens is 440 g/mol. The minimum atomic E-state index is -3.70. The van der Waals surface area contributed by atoms with Crippen LogP contribution < -0.4 is 14.8 Å². The maximum atomic E-state index is 13.0. The first kappa shape index (κ1) is 23.4. The van der Waals surface area contributed by atoms with Crippen LogP contribution in [-0.2, 0) is 21.4 Å². The fourth-order valence-corrected chi connectivity index (χ4v) is 5.33. The highest BCUT2D eigenvalue weighted by Gasteiger charge is 2.40. The highest BCUT2D eigenvalue weighted by molar-refractivity contribution is 7.89. The highest BCUT2D eigenvalue weighted by atomic mass is 35.5. The molecule has 0 saturated carbocycles. The molecule has 7 nitrogen and oxygen atoms in total. The van der Waals surface area contributed by atoms with Crippen molar-refractivity contribution in [3.8, 4) is 11.5 Å². The van der Waals surface area contributed by atoms with Crippen LogP contribution >= 0.6 is 11.6 Å². The summed E-state index contributed by atoms with van der Waals surface area (Å²) in [6.45, 7) is 2.81. The Morgan fingerprint density at radius 3 is 2.29 bits per heavy atom. The first-order chi connectivity index (χ1) is 14.7. The number of hydrogen-bond donors (Lipinski definition) is 1. The number of hydrogen-bond acceptors (Lipinski definition) is 5. The second-order valence-electron chi connectivity index (χ2n) is 7.79. The number of nitrogens with one attached hydrogen (secondary N) is 1. The summed E-state index contributed by atoms with van der Waals surface area (Å²) in [4.78, 5) is 12.9. The Balaban J connectivity index is 1.61. The molecule has 0 spiro atoms. The van der Waals surface area contributed by atoms with Gasteiger partial charge in [-0.25, -0.2) is 8.42 Å².